The Bertz CT molecular complexity index is 815. The Morgan fingerprint density at radius 2 is 2.04 bits per heavy atom. The Morgan fingerprint density at radius 1 is 1.29 bits per heavy atom. The fourth-order valence-corrected chi connectivity index (χ4v) is 4.36. The summed E-state index contributed by atoms with van der Waals surface area (Å²) in [4.78, 5) is 4.19. The number of hydrogen-bond acceptors (Lipinski definition) is 4. The summed E-state index contributed by atoms with van der Waals surface area (Å²) < 4.78 is 26.2. The van der Waals surface area contributed by atoms with Gasteiger partial charge in [0.25, 0.3) is 10.0 Å². The molecule has 0 aliphatic rings. The Hall–Kier alpha value is -1.90. The summed E-state index contributed by atoms with van der Waals surface area (Å²) in [5, 5.41) is 4.75. The smallest absolute Gasteiger partial charge is 0.252 e. The third kappa shape index (κ3) is 4.56. The van der Waals surface area contributed by atoms with E-state index >= 15 is 0 Å². The number of likely N-dealkylation sites (N-methyl/N-ethyl adjacent to an activating group) is 1. The van der Waals surface area contributed by atoms with E-state index in [9.17, 15) is 8.42 Å². The Morgan fingerprint density at radius 3 is 2.67 bits per heavy atom. The molecular weight excluding hydrogens is 344 g/mol. The van der Waals surface area contributed by atoms with E-state index in [4.69, 9.17) is 5.73 Å². The molecule has 0 fully saturated rings. The lowest BCUT2D eigenvalue weighted by Crippen LogP contribution is -2.30. The number of aliphatic imine (C=N–C) groups is 1. The number of hydrogen-bond donors (Lipinski definition) is 2. The van der Waals surface area contributed by atoms with Crippen molar-refractivity contribution in [3.8, 4) is 0 Å². The minimum atomic E-state index is -3.44. The van der Waals surface area contributed by atoms with Crippen molar-refractivity contribution in [1.29, 1.82) is 0 Å². The molecule has 0 spiro atoms. The van der Waals surface area contributed by atoms with Crippen LogP contribution in [0.25, 0.3) is 0 Å². The van der Waals surface area contributed by atoms with E-state index in [1.54, 1.807) is 17.5 Å². The molecule has 0 aliphatic carbocycles. The van der Waals surface area contributed by atoms with Crippen LogP contribution >= 0.6 is 11.3 Å². The lowest BCUT2D eigenvalue weighted by Gasteiger charge is -2.15. The molecule has 8 heteroatoms. The molecule has 2 aromatic rings. The molecule has 2 rings (SSSR count). The molecule has 1 aromatic carbocycles. The fraction of sp³-hybridized carbons (Fsp3) is 0.312. The number of sulfonamides is 1. The summed E-state index contributed by atoms with van der Waals surface area (Å²) in [6.45, 7) is 4.61. The van der Waals surface area contributed by atoms with Crippen LogP contribution in [0.5, 0.6) is 0 Å². The molecule has 6 nitrogen and oxygen atoms in total. The summed E-state index contributed by atoms with van der Waals surface area (Å²) in [6, 6.07) is 9.24. The monoisotopic (exact) mass is 366 g/mol. The second kappa shape index (κ2) is 7.78. The van der Waals surface area contributed by atoms with E-state index in [1.165, 1.54) is 28.3 Å². The van der Waals surface area contributed by atoms with Gasteiger partial charge in [0.05, 0.1) is 6.54 Å². The van der Waals surface area contributed by atoms with E-state index in [0.29, 0.717) is 4.21 Å². The first-order chi connectivity index (χ1) is 11.3. The van der Waals surface area contributed by atoms with Gasteiger partial charge >= 0.3 is 0 Å². The second-order valence-corrected chi connectivity index (χ2v) is 8.67. The summed E-state index contributed by atoms with van der Waals surface area (Å²) in [5.74, 6) is 0.264. The van der Waals surface area contributed by atoms with Gasteiger partial charge in [0.2, 0.25) is 0 Å². The number of anilines is 1. The minimum absolute atomic E-state index is 0.259. The van der Waals surface area contributed by atoms with Crippen molar-refractivity contribution in [2.45, 2.75) is 18.1 Å². The summed E-state index contributed by atoms with van der Waals surface area (Å²) in [5.41, 5.74) is 9.08. The number of guanidine groups is 1. The van der Waals surface area contributed by atoms with Gasteiger partial charge in [0.1, 0.15) is 4.21 Å². The fourth-order valence-electron chi connectivity index (χ4n) is 2.00. The van der Waals surface area contributed by atoms with Gasteiger partial charge < -0.3 is 11.1 Å². The molecule has 130 valence electrons. The molecule has 0 saturated heterocycles. The van der Waals surface area contributed by atoms with Crippen LogP contribution in [-0.4, -0.2) is 38.8 Å². The number of nitrogens with zero attached hydrogens (tertiary/aromatic N) is 2. The zero-order chi connectivity index (χ0) is 17.7. The third-order valence-electron chi connectivity index (χ3n) is 3.64. The third-order valence-corrected chi connectivity index (χ3v) is 6.87. The number of rotatable bonds is 6. The van der Waals surface area contributed by atoms with Gasteiger partial charge in [0, 0.05) is 19.3 Å². The molecule has 1 aromatic heterocycles. The van der Waals surface area contributed by atoms with Gasteiger partial charge in [-0.25, -0.2) is 8.42 Å². The number of nitrogens with one attached hydrogen (secondary N) is 1. The van der Waals surface area contributed by atoms with Crippen molar-refractivity contribution in [1.82, 2.24) is 4.31 Å². The molecule has 0 aliphatic heterocycles. The second-order valence-electron chi connectivity index (χ2n) is 5.45. The lowest BCUT2D eigenvalue weighted by molar-refractivity contribution is 0.479. The molecule has 0 radical (unpaired) electrons. The highest BCUT2D eigenvalue weighted by Gasteiger charge is 2.20. The van der Waals surface area contributed by atoms with Crippen LogP contribution in [0.4, 0.5) is 5.69 Å². The van der Waals surface area contributed by atoms with Gasteiger partial charge in [-0.2, -0.15) is 4.31 Å². The first-order valence-corrected chi connectivity index (χ1v) is 9.76. The van der Waals surface area contributed by atoms with Crippen LogP contribution in [0.2, 0.25) is 0 Å². The zero-order valence-electron chi connectivity index (χ0n) is 14.0. The van der Waals surface area contributed by atoms with Crippen LogP contribution in [0.3, 0.4) is 0 Å². The number of nitrogens with two attached hydrogens (primary N) is 1. The predicted octanol–water partition coefficient (Wildman–Crippen LogP) is 2.41. The molecule has 24 heavy (non-hydrogen) atoms. The molecular formula is C16H22N4O2S2. The Balaban J connectivity index is 1.92. The van der Waals surface area contributed by atoms with Crippen molar-refractivity contribution < 1.29 is 8.42 Å². The first-order valence-electron chi connectivity index (χ1n) is 7.45. The van der Waals surface area contributed by atoms with Gasteiger partial charge in [0.15, 0.2) is 5.96 Å². The number of benzene rings is 1. The molecule has 0 unspecified atom stereocenters. The van der Waals surface area contributed by atoms with Gasteiger partial charge in [-0.1, -0.05) is 12.1 Å². The van der Waals surface area contributed by atoms with Crippen LogP contribution in [0.15, 0.2) is 44.9 Å². The van der Waals surface area contributed by atoms with Crippen molar-refractivity contribution in [2.24, 2.45) is 10.7 Å². The maximum Gasteiger partial charge on any atom is 0.252 e. The molecule has 0 amide bonds. The topological polar surface area (TPSA) is 87.8 Å². The maximum atomic E-state index is 12.3. The average molecular weight is 367 g/mol. The molecule has 0 bridgehead atoms. The van der Waals surface area contributed by atoms with Crippen LogP contribution in [-0.2, 0) is 10.0 Å². The van der Waals surface area contributed by atoms with Crippen molar-refractivity contribution >= 4 is 33.0 Å². The van der Waals surface area contributed by atoms with E-state index in [1.807, 2.05) is 32.0 Å². The zero-order valence-corrected chi connectivity index (χ0v) is 15.6. The highest BCUT2D eigenvalue weighted by Crippen LogP contribution is 2.19. The SMILES string of the molecule is Cc1ccc(NC(N)=NCCN(C)S(=O)(=O)c2cccs2)cc1C. The van der Waals surface area contributed by atoms with Crippen molar-refractivity contribution in [3.63, 3.8) is 0 Å². The van der Waals surface area contributed by atoms with Crippen LogP contribution in [0, 0.1) is 13.8 Å². The Labute approximate surface area is 147 Å². The molecule has 1 heterocycles. The summed E-state index contributed by atoms with van der Waals surface area (Å²) in [7, 11) is -1.90. The first kappa shape index (κ1) is 18.4. The van der Waals surface area contributed by atoms with Gasteiger partial charge in [-0.3, -0.25) is 4.99 Å². The minimum Gasteiger partial charge on any atom is -0.370 e. The average Bonchev–Trinajstić information content (AvgIpc) is 3.06. The maximum absolute atomic E-state index is 12.3. The quantitative estimate of drug-likeness (QED) is 0.607. The van der Waals surface area contributed by atoms with Crippen LogP contribution in [0.1, 0.15) is 11.1 Å². The van der Waals surface area contributed by atoms with E-state index < -0.39 is 10.0 Å². The van der Waals surface area contributed by atoms with Gasteiger partial charge in [-0.05, 0) is 48.6 Å². The number of thiophene rings is 1. The highest BCUT2D eigenvalue weighted by atomic mass is 32.2. The molecule has 3 N–H and O–H groups in total. The van der Waals surface area contributed by atoms with E-state index in [-0.39, 0.29) is 19.0 Å². The Kier molecular flexibility index (Phi) is 5.98. The normalized spacial score (nSPS) is 12.6. The van der Waals surface area contributed by atoms with Gasteiger partial charge in [-0.15, -0.1) is 11.3 Å². The highest BCUT2D eigenvalue weighted by molar-refractivity contribution is 7.91. The van der Waals surface area contributed by atoms with Crippen molar-refractivity contribution in [3.05, 3.63) is 46.8 Å². The number of aryl methyl sites for hydroxylation is 2. The standard InChI is InChI=1S/C16H22N4O2S2/c1-12-6-7-14(11-13(12)2)19-16(17)18-8-9-20(3)24(21,22)15-5-4-10-23-15/h4-7,10-11H,8-9H2,1-3H3,(H3,17,18,19). The molecule has 0 atom stereocenters. The lowest BCUT2D eigenvalue weighted by atomic mass is 10.1. The largest absolute Gasteiger partial charge is 0.370 e. The van der Waals surface area contributed by atoms with Crippen LogP contribution < -0.4 is 11.1 Å². The van der Waals surface area contributed by atoms with Crippen molar-refractivity contribution in [2.75, 3.05) is 25.5 Å². The molecule has 0 saturated carbocycles. The van der Waals surface area contributed by atoms with E-state index in [0.717, 1.165) is 11.3 Å². The predicted molar refractivity (Wildman–Crippen MR) is 100 cm³/mol. The summed E-state index contributed by atoms with van der Waals surface area (Å²) in [6.07, 6.45) is 0. The van der Waals surface area contributed by atoms with E-state index in [2.05, 4.69) is 10.3 Å². The summed E-state index contributed by atoms with van der Waals surface area (Å²) >= 11 is 1.20.